The Morgan fingerprint density at radius 2 is 2.43 bits per heavy atom. The largest absolute Gasteiger partial charge is 0.382 e. The second kappa shape index (κ2) is 4.81. The lowest BCUT2D eigenvalue weighted by atomic mass is 10.2. The number of halogens is 1. The number of hydrogen-bond donors (Lipinski definition) is 2. The number of aromatic nitrogens is 2. The number of nitrogens with one attached hydrogen (secondary N) is 1. The molecule has 5 heteroatoms. The second-order valence-electron chi connectivity index (χ2n) is 2.99. The van der Waals surface area contributed by atoms with Gasteiger partial charge < -0.3 is 11.1 Å². The fourth-order valence-corrected chi connectivity index (χ4v) is 1.18. The first kappa shape index (κ1) is 10.8. The topological polar surface area (TPSA) is 63.8 Å². The lowest BCUT2D eigenvalue weighted by Crippen LogP contribution is -2.15. The van der Waals surface area contributed by atoms with Crippen molar-refractivity contribution in [3.05, 3.63) is 24.0 Å². The summed E-state index contributed by atoms with van der Waals surface area (Å²) in [6, 6.07) is 0.222. The summed E-state index contributed by atoms with van der Waals surface area (Å²) in [5, 5.41) is 3.48. The minimum atomic E-state index is 0.222. The molecule has 1 aromatic heterocycles. The van der Waals surface area contributed by atoms with E-state index in [4.69, 9.17) is 17.3 Å². The van der Waals surface area contributed by atoms with Crippen molar-refractivity contribution in [2.75, 3.05) is 11.1 Å². The highest BCUT2D eigenvalue weighted by Crippen LogP contribution is 2.23. The van der Waals surface area contributed by atoms with Gasteiger partial charge in [-0.1, -0.05) is 17.7 Å². The summed E-state index contributed by atoms with van der Waals surface area (Å²) >= 11 is 5.90. The lowest BCUT2D eigenvalue weighted by Gasteiger charge is -2.13. The average Bonchev–Trinajstić information content (AvgIpc) is 2.13. The van der Waals surface area contributed by atoms with E-state index < -0.39 is 0 Å². The number of nitrogens with two attached hydrogens (primary N) is 1. The van der Waals surface area contributed by atoms with Crippen LogP contribution < -0.4 is 11.1 Å². The molecule has 0 spiro atoms. The molecule has 4 nitrogen and oxygen atoms in total. The average molecular weight is 213 g/mol. The maximum Gasteiger partial charge on any atom is 0.150 e. The summed E-state index contributed by atoms with van der Waals surface area (Å²) in [7, 11) is 0. The van der Waals surface area contributed by atoms with Crippen LogP contribution in [0.5, 0.6) is 0 Å². The molecule has 0 fully saturated rings. The number of nitrogen functional groups attached to an aromatic ring is 1. The molecule has 1 rings (SSSR count). The number of rotatable bonds is 4. The molecule has 1 atom stereocenters. The molecular formula is C9H13ClN4. The van der Waals surface area contributed by atoms with Crippen LogP contribution in [0.3, 0.4) is 0 Å². The molecule has 0 radical (unpaired) electrons. The number of nitrogens with zero attached hydrogens (tertiary/aromatic N) is 2. The van der Waals surface area contributed by atoms with Crippen molar-refractivity contribution >= 4 is 23.2 Å². The smallest absolute Gasteiger partial charge is 0.150 e. The quantitative estimate of drug-likeness (QED) is 0.751. The summed E-state index contributed by atoms with van der Waals surface area (Å²) in [5.74, 6) is 0.850. The normalized spacial score (nSPS) is 12.1. The maximum absolute atomic E-state index is 5.90. The molecular weight excluding hydrogens is 200 g/mol. The molecule has 0 saturated heterocycles. The Balaban J connectivity index is 2.76. The summed E-state index contributed by atoms with van der Waals surface area (Å²) in [5.41, 5.74) is 5.53. The minimum Gasteiger partial charge on any atom is -0.382 e. The van der Waals surface area contributed by atoms with Crippen LogP contribution in [0.2, 0.25) is 5.02 Å². The van der Waals surface area contributed by atoms with Crippen molar-refractivity contribution in [2.24, 2.45) is 0 Å². The monoisotopic (exact) mass is 212 g/mol. The van der Waals surface area contributed by atoms with Crippen LogP contribution in [-0.4, -0.2) is 16.0 Å². The summed E-state index contributed by atoms with van der Waals surface area (Å²) in [4.78, 5) is 7.76. The van der Waals surface area contributed by atoms with Crippen LogP contribution in [0, 0.1) is 0 Å². The first-order valence-corrected chi connectivity index (χ1v) is 4.66. The molecule has 1 aromatic rings. The summed E-state index contributed by atoms with van der Waals surface area (Å²) in [6.45, 7) is 5.66. The van der Waals surface area contributed by atoms with Gasteiger partial charge in [-0.25, -0.2) is 9.97 Å². The molecule has 76 valence electrons. The Morgan fingerprint density at radius 1 is 1.71 bits per heavy atom. The molecule has 0 aliphatic rings. The van der Waals surface area contributed by atoms with Crippen molar-refractivity contribution in [2.45, 2.75) is 19.4 Å². The van der Waals surface area contributed by atoms with E-state index in [1.807, 2.05) is 13.0 Å². The van der Waals surface area contributed by atoms with Crippen LogP contribution in [0.15, 0.2) is 19.0 Å². The SMILES string of the molecule is C=CCC(C)Nc1ncnc(N)c1Cl. The van der Waals surface area contributed by atoms with Crippen molar-refractivity contribution in [1.29, 1.82) is 0 Å². The lowest BCUT2D eigenvalue weighted by molar-refractivity contribution is 0.806. The highest BCUT2D eigenvalue weighted by molar-refractivity contribution is 6.35. The Bertz CT molecular complexity index is 327. The third-order valence-corrected chi connectivity index (χ3v) is 2.09. The zero-order valence-corrected chi connectivity index (χ0v) is 8.75. The minimum absolute atomic E-state index is 0.222. The van der Waals surface area contributed by atoms with Crippen molar-refractivity contribution in [3.8, 4) is 0 Å². The van der Waals surface area contributed by atoms with E-state index in [0.717, 1.165) is 6.42 Å². The first-order chi connectivity index (χ1) is 6.65. The molecule has 0 saturated carbocycles. The molecule has 0 aromatic carbocycles. The highest BCUT2D eigenvalue weighted by atomic mass is 35.5. The predicted molar refractivity (Wildman–Crippen MR) is 59.4 cm³/mol. The van der Waals surface area contributed by atoms with Gasteiger partial charge in [-0.2, -0.15) is 0 Å². The van der Waals surface area contributed by atoms with E-state index >= 15 is 0 Å². The van der Waals surface area contributed by atoms with Crippen molar-refractivity contribution in [3.63, 3.8) is 0 Å². The van der Waals surface area contributed by atoms with Gasteiger partial charge in [-0.15, -0.1) is 6.58 Å². The van der Waals surface area contributed by atoms with Crippen LogP contribution in [0.1, 0.15) is 13.3 Å². The fourth-order valence-electron chi connectivity index (χ4n) is 1.03. The Labute approximate surface area is 88.2 Å². The van der Waals surface area contributed by atoms with Crippen LogP contribution in [-0.2, 0) is 0 Å². The van der Waals surface area contributed by atoms with E-state index in [-0.39, 0.29) is 11.9 Å². The molecule has 3 N–H and O–H groups in total. The molecule has 1 heterocycles. The van der Waals surface area contributed by atoms with E-state index in [1.54, 1.807) is 0 Å². The van der Waals surface area contributed by atoms with Crippen molar-refractivity contribution < 1.29 is 0 Å². The van der Waals surface area contributed by atoms with E-state index in [2.05, 4.69) is 21.9 Å². The van der Waals surface area contributed by atoms with Gasteiger partial charge in [0, 0.05) is 6.04 Å². The number of anilines is 2. The summed E-state index contributed by atoms with van der Waals surface area (Å²) < 4.78 is 0. The third kappa shape index (κ3) is 2.60. The van der Waals surface area contributed by atoms with Gasteiger partial charge in [-0.3, -0.25) is 0 Å². The molecule has 14 heavy (non-hydrogen) atoms. The van der Waals surface area contributed by atoms with E-state index in [9.17, 15) is 0 Å². The van der Waals surface area contributed by atoms with Gasteiger partial charge in [0.1, 0.15) is 17.2 Å². The molecule has 0 aliphatic carbocycles. The second-order valence-corrected chi connectivity index (χ2v) is 3.37. The highest BCUT2D eigenvalue weighted by Gasteiger charge is 2.08. The standard InChI is InChI=1S/C9H13ClN4/c1-3-4-6(2)14-9-7(10)8(11)12-5-13-9/h3,5-6H,1,4H2,2H3,(H3,11,12,13,14). The first-order valence-electron chi connectivity index (χ1n) is 4.28. The Hall–Kier alpha value is -1.29. The van der Waals surface area contributed by atoms with Crippen molar-refractivity contribution in [1.82, 2.24) is 9.97 Å². The van der Waals surface area contributed by atoms with Crippen LogP contribution in [0.4, 0.5) is 11.6 Å². The van der Waals surface area contributed by atoms with Crippen LogP contribution in [0.25, 0.3) is 0 Å². The van der Waals surface area contributed by atoms with Crippen LogP contribution >= 0.6 is 11.6 Å². The van der Waals surface area contributed by atoms with E-state index in [1.165, 1.54) is 6.33 Å². The van der Waals surface area contributed by atoms with Gasteiger partial charge in [0.15, 0.2) is 5.82 Å². The molecule has 0 amide bonds. The van der Waals surface area contributed by atoms with Gasteiger partial charge >= 0.3 is 0 Å². The van der Waals surface area contributed by atoms with Gasteiger partial charge in [0.25, 0.3) is 0 Å². The van der Waals surface area contributed by atoms with Gasteiger partial charge in [0.2, 0.25) is 0 Å². The van der Waals surface area contributed by atoms with E-state index in [0.29, 0.717) is 10.8 Å². The third-order valence-electron chi connectivity index (χ3n) is 1.72. The number of hydrogen-bond acceptors (Lipinski definition) is 4. The molecule has 0 aliphatic heterocycles. The maximum atomic E-state index is 5.90. The molecule has 0 bridgehead atoms. The van der Waals surface area contributed by atoms with Gasteiger partial charge in [-0.05, 0) is 13.3 Å². The molecule has 1 unspecified atom stereocenters. The zero-order valence-electron chi connectivity index (χ0n) is 8.00. The summed E-state index contributed by atoms with van der Waals surface area (Å²) in [6.07, 6.45) is 4.04. The predicted octanol–water partition coefficient (Wildman–Crippen LogP) is 2.09. The zero-order chi connectivity index (χ0) is 10.6. The Kier molecular flexibility index (Phi) is 3.71. The fraction of sp³-hybridized carbons (Fsp3) is 0.333. The van der Waals surface area contributed by atoms with Gasteiger partial charge in [0.05, 0.1) is 0 Å². The Morgan fingerprint density at radius 3 is 3.07 bits per heavy atom.